The molecule has 1 aliphatic heterocycles. The SMILES string of the molecule is CCCCc1oc2ccccc2c1CNCC1(C)COC1. The van der Waals surface area contributed by atoms with Gasteiger partial charge < -0.3 is 14.5 Å². The Kier molecular flexibility index (Phi) is 4.32. The van der Waals surface area contributed by atoms with Crippen molar-refractivity contribution in [2.45, 2.75) is 39.7 Å². The fourth-order valence-corrected chi connectivity index (χ4v) is 2.92. The fourth-order valence-electron chi connectivity index (χ4n) is 2.92. The van der Waals surface area contributed by atoms with Crippen molar-refractivity contribution in [3.05, 3.63) is 35.6 Å². The van der Waals surface area contributed by atoms with E-state index in [-0.39, 0.29) is 0 Å². The molecule has 1 aromatic carbocycles. The van der Waals surface area contributed by atoms with Crippen LogP contribution in [0.2, 0.25) is 0 Å². The lowest BCUT2D eigenvalue weighted by atomic mass is 9.88. The second kappa shape index (κ2) is 6.20. The van der Waals surface area contributed by atoms with E-state index in [0.717, 1.165) is 44.1 Å². The van der Waals surface area contributed by atoms with Crippen LogP contribution in [0.1, 0.15) is 38.0 Å². The molecule has 0 amide bonds. The summed E-state index contributed by atoms with van der Waals surface area (Å²) in [5.41, 5.74) is 2.66. The minimum absolute atomic E-state index is 0.309. The number of ether oxygens (including phenoxy) is 1. The molecule has 1 N–H and O–H groups in total. The van der Waals surface area contributed by atoms with Gasteiger partial charge in [-0.15, -0.1) is 0 Å². The molecule has 1 aromatic heterocycles. The standard InChI is InChI=1S/C18H25NO2/c1-3-4-8-17-15(10-19-11-18(2)12-20-13-18)14-7-5-6-9-16(14)21-17/h5-7,9,19H,3-4,8,10-13H2,1-2H3. The third kappa shape index (κ3) is 3.14. The van der Waals surface area contributed by atoms with E-state index in [9.17, 15) is 0 Å². The maximum Gasteiger partial charge on any atom is 0.134 e. The third-order valence-electron chi connectivity index (χ3n) is 4.29. The Morgan fingerprint density at radius 2 is 2.05 bits per heavy atom. The summed E-state index contributed by atoms with van der Waals surface area (Å²) in [7, 11) is 0. The van der Waals surface area contributed by atoms with Gasteiger partial charge in [0.2, 0.25) is 0 Å². The van der Waals surface area contributed by atoms with E-state index < -0.39 is 0 Å². The zero-order valence-corrected chi connectivity index (χ0v) is 13.1. The molecule has 3 rings (SSSR count). The maximum atomic E-state index is 6.06. The molecule has 0 spiro atoms. The highest BCUT2D eigenvalue weighted by Gasteiger charge is 2.32. The quantitative estimate of drug-likeness (QED) is 0.838. The van der Waals surface area contributed by atoms with Gasteiger partial charge in [0.1, 0.15) is 11.3 Å². The van der Waals surface area contributed by atoms with Gasteiger partial charge >= 0.3 is 0 Å². The lowest BCUT2D eigenvalue weighted by molar-refractivity contribution is -0.0991. The van der Waals surface area contributed by atoms with Crippen LogP contribution in [0, 0.1) is 5.41 Å². The number of aryl methyl sites for hydroxylation is 1. The highest BCUT2D eigenvalue weighted by molar-refractivity contribution is 5.82. The van der Waals surface area contributed by atoms with Gasteiger partial charge in [0, 0.05) is 35.9 Å². The molecule has 0 saturated carbocycles. The van der Waals surface area contributed by atoms with Crippen LogP contribution < -0.4 is 5.32 Å². The Bertz CT molecular complexity index is 598. The lowest BCUT2D eigenvalue weighted by Gasteiger charge is -2.38. The van der Waals surface area contributed by atoms with Crippen LogP contribution in [0.15, 0.2) is 28.7 Å². The Balaban J connectivity index is 1.74. The first-order valence-corrected chi connectivity index (χ1v) is 7.99. The molecule has 3 nitrogen and oxygen atoms in total. The van der Waals surface area contributed by atoms with Crippen molar-refractivity contribution in [2.75, 3.05) is 19.8 Å². The summed E-state index contributed by atoms with van der Waals surface area (Å²) in [6.45, 7) is 8.11. The Morgan fingerprint density at radius 1 is 1.24 bits per heavy atom. The van der Waals surface area contributed by atoms with E-state index in [2.05, 4.69) is 37.4 Å². The summed E-state index contributed by atoms with van der Waals surface area (Å²) in [4.78, 5) is 0. The first-order chi connectivity index (χ1) is 10.2. The number of para-hydroxylation sites is 1. The van der Waals surface area contributed by atoms with E-state index in [0.29, 0.717) is 5.41 Å². The summed E-state index contributed by atoms with van der Waals surface area (Å²) < 4.78 is 11.4. The Hall–Kier alpha value is -1.32. The fraction of sp³-hybridized carbons (Fsp3) is 0.556. The monoisotopic (exact) mass is 287 g/mol. The van der Waals surface area contributed by atoms with Crippen molar-refractivity contribution in [3.8, 4) is 0 Å². The number of hydrogen-bond donors (Lipinski definition) is 1. The summed E-state index contributed by atoms with van der Waals surface area (Å²) in [5, 5.41) is 4.85. The van der Waals surface area contributed by atoms with Gasteiger partial charge in [-0.05, 0) is 12.5 Å². The van der Waals surface area contributed by atoms with Gasteiger partial charge in [-0.3, -0.25) is 0 Å². The smallest absolute Gasteiger partial charge is 0.134 e. The van der Waals surface area contributed by atoms with E-state index in [1.54, 1.807) is 0 Å². The minimum Gasteiger partial charge on any atom is -0.461 e. The van der Waals surface area contributed by atoms with Gasteiger partial charge in [0.05, 0.1) is 13.2 Å². The van der Waals surface area contributed by atoms with Crippen molar-refractivity contribution < 1.29 is 9.15 Å². The van der Waals surface area contributed by atoms with Crippen molar-refractivity contribution in [1.29, 1.82) is 0 Å². The summed E-state index contributed by atoms with van der Waals surface area (Å²) in [6.07, 6.45) is 3.40. The summed E-state index contributed by atoms with van der Waals surface area (Å²) in [5.74, 6) is 1.15. The van der Waals surface area contributed by atoms with E-state index in [1.807, 2.05) is 6.07 Å². The number of hydrogen-bond acceptors (Lipinski definition) is 3. The molecular weight excluding hydrogens is 262 g/mol. The normalized spacial score (nSPS) is 17.0. The molecule has 114 valence electrons. The van der Waals surface area contributed by atoms with Crippen LogP contribution in [0.3, 0.4) is 0 Å². The first-order valence-electron chi connectivity index (χ1n) is 7.99. The molecular formula is C18H25NO2. The number of furan rings is 1. The molecule has 1 saturated heterocycles. The van der Waals surface area contributed by atoms with Gasteiger partial charge in [-0.1, -0.05) is 38.5 Å². The third-order valence-corrected chi connectivity index (χ3v) is 4.29. The molecule has 0 radical (unpaired) electrons. The minimum atomic E-state index is 0.309. The predicted octanol–water partition coefficient (Wildman–Crippen LogP) is 3.90. The van der Waals surface area contributed by atoms with E-state index in [1.165, 1.54) is 23.8 Å². The molecule has 1 aliphatic rings. The van der Waals surface area contributed by atoms with Gasteiger partial charge in [0.25, 0.3) is 0 Å². The van der Waals surface area contributed by atoms with E-state index in [4.69, 9.17) is 9.15 Å². The van der Waals surface area contributed by atoms with Gasteiger partial charge in [-0.2, -0.15) is 0 Å². The van der Waals surface area contributed by atoms with Crippen molar-refractivity contribution in [1.82, 2.24) is 5.32 Å². The Labute approximate surface area is 126 Å². The van der Waals surface area contributed by atoms with Crippen LogP contribution in [0.5, 0.6) is 0 Å². The highest BCUT2D eigenvalue weighted by atomic mass is 16.5. The van der Waals surface area contributed by atoms with Crippen molar-refractivity contribution >= 4 is 11.0 Å². The second-order valence-corrected chi connectivity index (χ2v) is 6.51. The topological polar surface area (TPSA) is 34.4 Å². The molecule has 2 heterocycles. The average Bonchev–Trinajstić information content (AvgIpc) is 2.81. The second-order valence-electron chi connectivity index (χ2n) is 6.51. The molecule has 21 heavy (non-hydrogen) atoms. The van der Waals surface area contributed by atoms with Crippen LogP contribution in [-0.2, 0) is 17.7 Å². The van der Waals surface area contributed by atoms with Gasteiger partial charge in [0.15, 0.2) is 0 Å². The number of unbranched alkanes of at least 4 members (excludes halogenated alkanes) is 1. The average molecular weight is 287 g/mol. The van der Waals surface area contributed by atoms with Crippen molar-refractivity contribution in [2.24, 2.45) is 5.41 Å². The molecule has 0 atom stereocenters. The predicted molar refractivity (Wildman–Crippen MR) is 85.5 cm³/mol. The lowest BCUT2D eigenvalue weighted by Crippen LogP contribution is -2.47. The molecule has 2 aromatic rings. The number of nitrogens with one attached hydrogen (secondary N) is 1. The number of benzene rings is 1. The zero-order valence-electron chi connectivity index (χ0n) is 13.1. The maximum absolute atomic E-state index is 6.06. The first kappa shape index (κ1) is 14.6. The molecule has 1 fully saturated rings. The largest absolute Gasteiger partial charge is 0.461 e. The summed E-state index contributed by atoms with van der Waals surface area (Å²) in [6, 6.07) is 8.36. The molecule has 0 unspecified atom stereocenters. The highest BCUT2D eigenvalue weighted by Crippen LogP contribution is 2.28. The zero-order chi connectivity index (χ0) is 14.7. The van der Waals surface area contributed by atoms with E-state index >= 15 is 0 Å². The van der Waals surface area contributed by atoms with Crippen LogP contribution >= 0.6 is 0 Å². The van der Waals surface area contributed by atoms with Gasteiger partial charge in [-0.25, -0.2) is 0 Å². The number of fused-ring (bicyclic) bond motifs is 1. The van der Waals surface area contributed by atoms with Crippen LogP contribution in [0.25, 0.3) is 11.0 Å². The van der Waals surface area contributed by atoms with Crippen LogP contribution in [0.4, 0.5) is 0 Å². The van der Waals surface area contributed by atoms with Crippen molar-refractivity contribution in [3.63, 3.8) is 0 Å². The van der Waals surface area contributed by atoms with Crippen LogP contribution in [-0.4, -0.2) is 19.8 Å². The molecule has 3 heteroatoms. The Morgan fingerprint density at radius 3 is 2.76 bits per heavy atom. The molecule has 0 bridgehead atoms. The summed E-state index contributed by atoms with van der Waals surface area (Å²) >= 11 is 0. The number of rotatable bonds is 7. The molecule has 0 aliphatic carbocycles.